The minimum Gasteiger partial charge on any atom is -0.277 e. The van der Waals surface area contributed by atoms with E-state index in [-0.39, 0.29) is 10.6 Å². The summed E-state index contributed by atoms with van der Waals surface area (Å²) in [5.41, 5.74) is -0.861. The molecular formula is C11H7BrFN3O4S. The predicted octanol–water partition coefficient (Wildman–Crippen LogP) is 2.69. The highest BCUT2D eigenvalue weighted by atomic mass is 79.9. The van der Waals surface area contributed by atoms with Crippen molar-refractivity contribution in [1.29, 1.82) is 0 Å². The lowest BCUT2D eigenvalue weighted by atomic mass is 10.3. The van der Waals surface area contributed by atoms with Crippen molar-refractivity contribution in [3.63, 3.8) is 0 Å². The molecule has 0 saturated carbocycles. The van der Waals surface area contributed by atoms with Crippen LogP contribution in [-0.2, 0) is 10.0 Å². The van der Waals surface area contributed by atoms with Crippen LogP contribution in [0.25, 0.3) is 0 Å². The number of rotatable bonds is 4. The largest absolute Gasteiger partial charge is 0.277 e. The molecule has 1 aromatic heterocycles. The summed E-state index contributed by atoms with van der Waals surface area (Å²) in [6.45, 7) is 0. The summed E-state index contributed by atoms with van der Waals surface area (Å²) in [5.74, 6) is -1.05. The molecule has 21 heavy (non-hydrogen) atoms. The molecule has 1 aromatic carbocycles. The molecule has 2 rings (SSSR count). The average Bonchev–Trinajstić information content (AvgIpc) is 2.40. The minimum absolute atomic E-state index is 0.172. The van der Waals surface area contributed by atoms with Crippen LogP contribution in [0.1, 0.15) is 0 Å². The Morgan fingerprint density at radius 2 is 2.00 bits per heavy atom. The van der Waals surface area contributed by atoms with E-state index in [9.17, 15) is 22.9 Å². The number of benzene rings is 1. The zero-order chi connectivity index (χ0) is 15.6. The Hall–Kier alpha value is -2.07. The molecule has 110 valence electrons. The van der Waals surface area contributed by atoms with Gasteiger partial charge >= 0.3 is 0 Å². The van der Waals surface area contributed by atoms with Gasteiger partial charge in [0.15, 0.2) is 5.82 Å². The third-order valence-corrected chi connectivity index (χ3v) is 4.16. The van der Waals surface area contributed by atoms with E-state index in [1.54, 1.807) is 0 Å². The summed E-state index contributed by atoms with van der Waals surface area (Å²) in [4.78, 5) is 13.2. The zero-order valence-corrected chi connectivity index (χ0v) is 12.6. The molecule has 0 aliphatic carbocycles. The first-order chi connectivity index (χ1) is 9.79. The van der Waals surface area contributed by atoms with Gasteiger partial charge in [0.1, 0.15) is 4.90 Å². The number of nitro groups is 1. The van der Waals surface area contributed by atoms with Gasteiger partial charge in [0.05, 0.1) is 16.7 Å². The van der Waals surface area contributed by atoms with Crippen LogP contribution in [0.5, 0.6) is 0 Å². The smallest absolute Gasteiger partial charge is 0.272 e. The summed E-state index contributed by atoms with van der Waals surface area (Å²) >= 11 is 3.08. The van der Waals surface area contributed by atoms with Crippen LogP contribution in [0, 0.1) is 15.9 Å². The van der Waals surface area contributed by atoms with Gasteiger partial charge in [-0.3, -0.25) is 19.8 Å². The Bertz CT molecular complexity index is 813. The van der Waals surface area contributed by atoms with Gasteiger partial charge in [-0.15, -0.1) is 0 Å². The highest BCUT2D eigenvalue weighted by Crippen LogP contribution is 2.23. The molecule has 0 unspecified atom stereocenters. The third-order valence-electron chi connectivity index (χ3n) is 2.40. The number of anilines is 1. The van der Waals surface area contributed by atoms with Gasteiger partial charge in [-0.1, -0.05) is 0 Å². The number of hydrogen-bond donors (Lipinski definition) is 1. The monoisotopic (exact) mass is 375 g/mol. The molecule has 10 heteroatoms. The molecule has 2 aromatic rings. The summed E-state index contributed by atoms with van der Waals surface area (Å²) in [6, 6.07) is 3.91. The summed E-state index contributed by atoms with van der Waals surface area (Å²) in [5, 5.41) is 10.5. The van der Waals surface area contributed by atoms with E-state index in [4.69, 9.17) is 0 Å². The standard InChI is InChI=1S/C11H7BrFN3O4S/c12-7-3-9(6-14-5-7)21(19,20)15-11-2-1-8(16(17)18)4-10(11)13/h1-6,15H. The van der Waals surface area contributed by atoms with Gasteiger partial charge in [-0.05, 0) is 28.1 Å². The second-order valence-electron chi connectivity index (χ2n) is 3.87. The lowest BCUT2D eigenvalue weighted by Crippen LogP contribution is -2.14. The first-order valence-electron chi connectivity index (χ1n) is 5.37. The highest BCUT2D eigenvalue weighted by Gasteiger charge is 2.18. The Balaban J connectivity index is 2.35. The number of hydrogen-bond acceptors (Lipinski definition) is 5. The molecule has 0 atom stereocenters. The zero-order valence-electron chi connectivity index (χ0n) is 10.2. The van der Waals surface area contributed by atoms with Crippen molar-refractivity contribution in [3.05, 3.63) is 57.1 Å². The van der Waals surface area contributed by atoms with E-state index < -0.39 is 26.5 Å². The van der Waals surface area contributed by atoms with Crippen molar-refractivity contribution in [2.45, 2.75) is 4.90 Å². The van der Waals surface area contributed by atoms with Crippen molar-refractivity contribution in [3.8, 4) is 0 Å². The molecule has 0 aliphatic rings. The maximum Gasteiger partial charge on any atom is 0.272 e. The van der Waals surface area contributed by atoms with Gasteiger partial charge in [-0.25, -0.2) is 12.8 Å². The molecule has 1 heterocycles. The lowest BCUT2D eigenvalue weighted by Gasteiger charge is -2.08. The van der Waals surface area contributed by atoms with Crippen molar-refractivity contribution in [2.24, 2.45) is 0 Å². The van der Waals surface area contributed by atoms with Crippen molar-refractivity contribution >= 4 is 37.3 Å². The lowest BCUT2D eigenvalue weighted by molar-refractivity contribution is -0.385. The van der Waals surface area contributed by atoms with Gasteiger partial charge in [-0.2, -0.15) is 0 Å². The second kappa shape index (κ2) is 5.74. The molecule has 7 nitrogen and oxygen atoms in total. The fraction of sp³-hybridized carbons (Fsp3) is 0. The number of aromatic nitrogens is 1. The maximum atomic E-state index is 13.7. The van der Waals surface area contributed by atoms with Crippen LogP contribution < -0.4 is 4.72 Å². The van der Waals surface area contributed by atoms with Crippen molar-refractivity contribution in [1.82, 2.24) is 4.98 Å². The number of pyridine rings is 1. The Kier molecular flexibility index (Phi) is 4.19. The third kappa shape index (κ3) is 3.52. The maximum absolute atomic E-state index is 13.7. The minimum atomic E-state index is -4.04. The molecule has 0 spiro atoms. The Labute approximate surface area is 127 Å². The van der Waals surface area contributed by atoms with E-state index in [0.717, 1.165) is 18.3 Å². The molecule has 0 bridgehead atoms. The number of nitrogens with zero attached hydrogens (tertiary/aromatic N) is 2. The van der Waals surface area contributed by atoms with Crippen LogP contribution in [0.15, 0.2) is 46.0 Å². The number of halogens is 2. The number of nitro benzene ring substituents is 1. The average molecular weight is 376 g/mol. The van der Waals surface area contributed by atoms with Crippen molar-refractivity contribution in [2.75, 3.05) is 4.72 Å². The van der Waals surface area contributed by atoms with Gasteiger partial charge < -0.3 is 0 Å². The van der Waals surface area contributed by atoms with Gasteiger partial charge in [0.2, 0.25) is 0 Å². The molecule has 0 saturated heterocycles. The van der Waals surface area contributed by atoms with E-state index in [2.05, 4.69) is 20.9 Å². The van der Waals surface area contributed by atoms with Gasteiger partial charge in [0.25, 0.3) is 15.7 Å². The van der Waals surface area contributed by atoms with Crippen LogP contribution in [0.2, 0.25) is 0 Å². The Morgan fingerprint density at radius 1 is 1.29 bits per heavy atom. The fourth-order valence-electron chi connectivity index (χ4n) is 1.44. The van der Waals surface area contributed by atoms with Gasteiger partial charge in [0, 0.05) is 22.9 Å². The molecular weight excluding hydrogens is 369 g/mol. The molecule has 0 aliphatic heterocycles. The quantitative estimate of drug-likeness (QED) is 0.653. The molecule has 0 amide bonds. The first-order valence-corrected chi connectivity index (χ1v) is 7.64. The fourth-order valence-corrected chi connectivity index (χ4v) is 3.01. The molecule has 1 N–H and O–H groups in total. The summed E-state index contributed by atoms with van der Waals surface area (Å²) in [6.07, 6.45) is 2.49. The summed E-state index contributed by atoms with van der Waals surface area (Å²) < 4.78 is 40.2. The number of non-ortho nitro benzene ring substituents is 1. The van der Waals surface area contributed by atoms with Crippen LogP contribution in [-0.4, -0.2) is 18.3 Å². The number of sulfonamides is 1. The predicted molar refractivity (Wildman–Crippen MR) is 75.8 cm³/mol. The Morgan fingerprint density at radius 3 is 2.57 bits per heavy atom. The van der Waals surface area contributed by atoms with E-state index in [1.807, 2.05) is 4.72 Å². The van der Waals surface area contributed by atoms with Crippen LogP contribution >= 0.6 is 15.9 Å². The summed E-state index contributed by atoms with van der Waals surface area (Å²) in [7, 11) is -4.04. The normalized spacial score (nSPS) is 11.1. The topological polar surface area (TPSA) is 102 Å². The first kappa shape index (κ1) is 15.3. The van der Waals surface area contributed by atoms with E-state index >= 15 is 0 Å². The van der Waals surface area contributed by atoms with E-state index in [0.29, 0.717) is 10.5 Å². The van der Waals surface area contributed by atoms with Crippen molar-refractivity contribution < 1.29 is 17.7 Å². The number of nitrogens with one attached hydrogen (secondary N) is 1. The van der Waals surface area contributed by atoms with Crippen LogP contribution in [0.4, 0.5) is 15.8 Å². The second-order valence-corrected chi connectivity index (χ2v) is 6.46. The molecule has 0 fully saturated rings. The SMILES string of the molecule is O=[N+]([O-])c1ccc(NS(=O)(=O)c2cncc(Br)c2)c(F)c1. The highest BCUT2D eigenvalue weighted by molar-refractivity contribution is 9.10. The molecule has 0 radical (unpaired) electrons. The van der Waals surface area contributed by atoms with E-state index in [1.165, 1.54) is 12.3 Å². The van der Waals surface area contributed by atoms with Crippen LogP contribution in [0.3, 0.4) is 0 Å².